The highest BCUT2D eigenvalue weighted by molar-refractivity contribution is 7.56. The van der Waals surface area contributed by atoms with Gasteiger partial charge in [0.15, 0.2) is 0 Å². The highest BCUT2D eigenvalue weighted by Crippen LogP contribution is 2.37. The van der Waals surface area contributed by atoms with E-state index in [1.54, 1.807) is 18.5 Å². The Hall–Kier alpha value is -3.65. The first kappa shape index (κ1) is 24.5. The van der Waals surface area contributed by atoms with Gasteiger partial charge in [-0.3, -0.25) is 14.6 Å². The van der Waals surface area contributed by atoms with Crippen molar-refractivity contribution in [1.29, 1.82) is 0 Å². The summed E-state index contributed by atoms with van der Waals surface area (Å²) in [5.74, 6) is -0.728. The zero-order valence-corrected chi connectivity index (χ0v) is 20.3. The molecule has 0 radical (unpaired) electrons. The van der Waals surface area contributed by atoms with Crippen molar-refractivity contribution in [3.8, 4) is 5.95 Å². The molecule has 4 rings (SSSR count). The summed E-state index contributed by atoms with van der Waals surface area (Å²) in [5.41, 5.74) is 1.16. The van der Waals surface area contributed by atoms with Crippen molar-refractivity contribution >= 4 is 25.3 Å². The Labute approximate surface area is 204 Å². The summed E-state index contributed by atoms with van der Waals surface area (Å²) in [6.45, 7) is 4.95. The molecule has 35 heavy (non-hydrogen) atoms. The van der Waals surface area contributed by atoms with Crippen LogP contribution in [0.2, 0.25) is 0 Å². The molecule has 2 aromatic carbocycles. The van der Waals surface area contributed by atoms with Gasteiger partial charge in [0.2, 0.25) is 20.2 Å². The molecule has 0 spiro atoms. The van der Waals surface area contributed by atoms with E-state index >= 15 is 0 Å². The number of carbonyl (C=O) groups is 1. The molecule has 4 aromatic rings. The van der Waals surface area contributed by atoms with Gasteiger partial charge in [0, 0.05) is 17.7 Å². The summed E-state index contributed by atoms with van der Waals surface area (Å²) >= 11 is 0. The van der Waals surface area contributed by atoms with Crippen LogP contribution in [0.3, 0.4) is 0 Å². The number of anilines is 1. The fraction of sp³-hybridized carbons (Fsp3) is 0.200. The maximum Gasteiger partial charge on any atom is 0.276 e. The van der Waals surface area contributed by atoms with Crippen molar-refractivity contribution in [3.05, 3.63) is 101 Å². The summed E-state index contributed by atoms with van der Waals surface area (Å²) < 4.78 is 12.9. The van der Waals surface area contributed by atoms with Crippen molar-refractivity contribution in [2.75, 3.05) is 18.5 Å². The van der Waals surface area contributed by atoms with E-state index in [-0.39, 0.29) is 17.5 Å². The van der Waals surface area contributed by atoms with E-state index in [0.29, 0.717) is 13.2 Å². The van der Waals surface area contributed by atoms with Crippen molar-refractivity contribution in [2.45, 2.75) is 19.8 Å². The van der Waals surface area contributed by atoms with Gasteiger partial charge in [0.05, 0.1) is 25.3 Å². The van der Waals surface area contributed by atoms with E-state index in [0.717, 1.165) is 16.4 Å². The van der Waals surface area contributed by atoms with Crippen molar-refractivity contribution in [2.24, 2.45) is 0 Å². The van der Waals surface area contributed by atoms with Crippen LogP contribution in [0.15, 0.2) is 84.0 Å². The number of aromatic amines is 1. The maximum absolute atomic E-state index is 13.4. The molecule has 0 saturated carbocycles. The number of aromatic nitrogens is 4. The van der Waals surface area contributed by atoms with Crippen LogP contribution in [-0.2, 0) is 13.8 Å². The number of nitrogens with zero attached hydrogens (tertiary/aromatic N) is 3. The second-order valence-electron chi connectivity index (χ2n) is 7.42. The number of hydrogen-bond donors (Lipinski definition) is 2. The predicted molar refractivity (Wildman–Crippen MR) is 135 cm³/mol. The van der Waals surface area contributed by atoms with Crippen LogP contribution in [0.4, 0.5) is 5.69 Å². The number of benzene rings is 2. The molecule has 2 N–H and O–H groups in total. The van der Waals surface area contributed by atoms with Gasteiger partial charge in [-0.1, -0.05) is 42.5 Å². The van der Waals surface area contributed by atoms with Crippen LogP contribution < -0.4 is 16.2 Å². The first-order chi connectivity index (χ1) is 17.1. The van der Waals surface area contributed by atoms with Crippen molar-refractivity contribution < 1.29 is 13.8 Å². The molecule has 0 saturated heterocycles. The zero-order chi connectivity index (χ0) is 24.6. The number of carbonyl (C=O) groups excluding carboxylic acids is 1. The molecule has 0 aliphatic carbocycles. The second kappa shape index (κ2) is 11.7. The van der Waals surface area contributed by atoms with E-state index in [1.165, 1.54) is 10.9 Å². The zero-order valence-electron chi connectivity index (χ0n) is 19.4. The first-order valence-electron chi connectivity index (χ1n) is 11.2. The van der Waals surface area contributed by atoms with E-state index < -0.39 is 19.9 Å². The monoisotopic (exact) mass is 491 g/mol. The second-order valence-corrected chi connectivity index (χ2v) is 8.96. The molecule has 180 valence electrons. The molecule has 0 aliphatic heterocycles. The minimum absolute atomic E-state index is 0.0552. The van der Waals surface area contributed by atoms with E-state index in [9.17, 15) is 9.59 Å². The predicted octanol–water partition coefficient (Wildman–Crippen LogP) is 3.74. The Morgan fingerprint density at radius 3 is 2.31 bits per heavy atom. The van der Waals surface area contributed by atoms with Crippen LogP contribution in [0.1, 0.15) is 30.9 Å². The van der Waals surface area contributed by atoms with Crippen LogP contribution in [0, 0.1) is 0 Å². The molecule has 1 atom stereocenters. The molecule has 9 nitrogen and oxygen atoms in total. The third kappa shape index (κ3) is 5.89. The molecule has 10 heteroatoms. The molecular formula is C25H26N5O4P. The largest absolute Gasteiger partial charge is 0.331 e. The number of rotatable bonds is 10. The van der Waals surface area contributed by atoms with E-state index in [2.05, 4.69) is 20.4 Å². The standard InChI is InChI=1S/C25H26N5O4P/c1-3-33-35(34-4-2)20-13-11-19(12-14-20)22(18-9-6-5-7-10-18)24(32)28-21-17-26-25(29-23(21)31)30-16-8-15-27-30/h5-17,22H,3-4H2,1-2H3,(H,28,32)(H,26,29,31). The highest BCUT2D eigenvalue weighted by atomic mass is 31.2. The highest BCUT2D eigenvalue weighted by Gasteiger charge is 2.24. The molecule has 1 unspecified atom stereocenters. The van der Waals surface area contributed by atoms with Gasteiger partial charge in [-0.2, -0.15) is 5.10 Å². The van der Waals surface area contributed by atoms with Crippen LogP contribution in [0.5, 0.6) is 0 Å². The SMILES string of the molecule is CCOP(OCC)c1ccc(C(C(=O)Nc2cnc(-n3cccn3)[nH]c2=O)c2ccccc2)cc1. The summed E-state index contributed by atoms with van der Waals surface area (Å²) in [4.78, 5) is 32.9. The Balaban J connectivity index is 1.61. The summed E-state index contributed by atoms with van der Waals surface area (Å²) in [5, 5.41) is 7.71. The lowest BCUT2D eigenvalue weighted by Gasteiger charge is -2.20. The number of amides is 1. The fourth-order valence-electron chi connectivity index (χ4n) is 3.54. The molecule has 0 aliphatic rings. The van der Waals surface area contributed by atoms with Crippen LogP contribution in [-0.4, -0.2) is 38.9 Å². The van der Waals surface area contributed by atoms with Gasteiger partial charge in [0.1, 0.15) is 5.69 Å². The topological polar surface area (TPSA) is 111 Å². The Bertz CT molecular complexity index is 1290. The van der Waals surface area contributed by atoms with Gasteiger partial charge in [-0.15, -0.1) is 0 Å². The molecule has 1 amide bonds. The minimum atomic E-state index is -1.18. The van der Waals surface area contributed by atoms with Gasteiger partial charge in [-0.25, -0.2) is 9.67 Å². The summed E-state index contributed by atoms with van der Waals surface area (Å²) in [6.07, 6.45) is 4.57. The van der Waals surface area contributed by atoms with Gasteiger partial charge < -0.3 is 14.4 Å². The van der Waals surface area contributed by atoms with Gasteiger partial charge in [0.25, 0.3) is 5.56 Å². The quantitative estimate of drug-likeness (QED) is 0.327. The third-order valence-electron chi connectivity index (χ3n) is 5.09. The lowest BCUT2D eigenvalue weighted by atomic mass is 9.90. The third-order valence-corrected chi connectivity index (χ3v) is 6.80. The summed E-state index contributed by atoms with van der Waals surface area (Å²) in [7, 11) is -1.18. The molecule has 0 fully saturated rings. The Morgan fingerprint density at radius 2 is 1.71 bits per heavy atom. The first-order valence-corrected chi connectivity index (χ1v) is 12.4. The number of nitrogens with one attached hydrogen (secondary N) is 2. The average molecular weight is 491 g/mol. The Kier molecular flexibility index (Phi) is 8.15. The average Bonchev–Trinajstić information content (AvgIpc) is 3.42. The smallest absolute Gasteiger partial charge is 0.276 e. The van der Waals surface area contributed by atoms with E-state index in [4.69, 9.17) is 9.05 Å². The van der Waals surface area contributed by atoms with Gasteiger partial charge in [-0.05, 0) is 43.2 Å². The molecule has 2 aromatic heterocycles. The number of hydrogen-bond acceptors (Lipinski definition) is 6. The van der Waals surface area contributed by atoms with Crippen LogP contribution in [0.25, 0.3) is 5.95 Å². The normalized spacial score (nSPS) is 12.0. The Morgan fingerprint density at radius 1 is 1.03 bits per heavy atom. The molecule has 0 bridgehead atoms. The fourth-order valence-corrected chi connectivity index (χ4v) is 4.77. The molecular weight excluding hydrogens is 465 g/mol. The summed E-state index contributed by atoms with van der Waals surface area (Å²) in [6, 6.07) is 18.8. The number of H-pyrrole nitrogens is 1. The molecule has 2 heterocycles. The van der Waals surface area contributed by atoms with Crippen molar-refractivity contribution in [1.82, 2.24) is 19.7 Å². The van der Waals surface area contributed by atoms with E-state index in [1.807, 2.05) is 68.4 Å². The maximum atomic E-state index is 13.4. The minimum Gasteiger partial charge on any atom is -0.331 e. The van der Waals surface area contributed by atoms with Gasteiger partial charge >= 0.3 is 0 Å². The lowest BCUT2D eigenvalue weighted by Crippen LogP contribution is -2.27. The van der Waals surface area contributed by atoms with Crippen LogP contribution >= 0.6 is 8.38 Å². The van der Waals surface area contributed by atoms with Crippen molar-refractivity contribution in [3.63, 3.8) is 0 Å². The lowest BCUT2D eigenvalue weighted by molar-refractivity contribution is -0.116.